The number of hydrogen-bond acceptors (Lipinski definition) is 5. The first kappa shape index (κ1) is 13.4. The predicted octanol–water partition coefficient (Wildman–Crippen LogP) is 1.34. The maximum atomic E-state index is 11.2. The minimum Gasteiger partial charge on any atom is -0.373 e. The van der Waals surface area contributed by atoms with Gasteiger partial charge in [-0.2, -0.15) is 4.98 Å². The SMILES string of the molecule is C#CC(=O)Nc1cccc(-c2cc(NC)nc(N)n2)c1. The molecule has 0 spiro atoms. The number of nitrogens with two attached hydrogens (primary N) is 1. The van der Waals surface area contributed by atoms with Crippen LogP contribution in [0.2, 0.25) is 0 Å². The van der Waals surface area contributed by atoms with Crippen LogP contribution in [0.4, 0.5) is 17.5 Å². The summed E-state index contributed by atoms with van der Waals surface area (Å²) in [6.45, 7) is 0. The van der Waals surface area contributed by atoms with E-state index in [9.17, 15) is 4.79 Å². The molecule has 2 aromatic rings. The highest BCUT2D eigenvalue weighted by Crippen LogP contribution is 2.23. The lowest BCUT2D eigenvalue weighted by atomic mass is 10.1. The van der Waals surface area contributed by atoms with Gasteiger partial charge in [0.2, 0.25) is 5.95 Å². The fourth-order valence-electron chi connectivity index (χ4n) is 1.67. The molecule has 1 heterocycles. The van der Waals surface area contributed by atoms with Crippen LogP contribution in [0.25, 0.3) is 11.3 Å². The Morgan fingerprint density at radius 2 is 2.15 bits per heavy atom. The molecular weight excluding hydrogens is 254 g/mol. The topological polar surface area (TPSA) is 92.9 Å². The zero-order chi connectivity index (χ0) is 14.5. The van der Waals surface area contributed by atoms with E-state index in [0.29, 0.717) is 17.2 Å². The van der Waals surface area contributed by atoms with Crippen LogP contribution in [0.1, 0.15) is 0 Å². The molecule has 6 heteroatoms. The summed E-state index contributed by atoms with van der Waals surface area (Å²) in [7, 11) is 1.75. The number of nitrogens with one attached hydrogen (secondary N) is 2. The molecule has 1 aromatic carbocycles. The second-order valence-electron chi connectivity index (χ2n) is 3.93. The Morgan fingerprint density at radius 3 is 2.85 bits per heavy atom. The van der Waals surface area contributed by atoms with Gasteiger partial charge >= 0.3 is 0 Å². The second kappa shape index (κ2) is 5.71. The van der Waals surface area contributed by atoms with Gasteiger partial charge < -0.3 is 16.4 Å². The van der Waals surface area contributed by atoms with Crippen LogP contribution in [0, 0.1) is 12.3 Å². The van der Waals surface area contributed by atoms with Gasteiger partial charge in [-0.05, 0) is 18.1 Å². The molecule has 0 saturated carbocycles. The number of rotatable bonds is 3. The highest BCUT2D eigenvalue weighted by Gasteiger charge is 2.06. The molecule has 0 saturated heterocycles. The molecule has 20 heavy (non-hydrogen) atoms. The molecule has 0 fully saturated rings. The molecule has 0 bridgehead atoms. The summed E-state index contributed by atoms with van der Waals surface area (Å²) < 4.78 is 0. The maximum Gasteiger partial charge on any atom is 0.300 e. The highest BCUT2D eigenvalue weighted by molar-refractivity contribution is 6.03. The number of anilines is 3. The van der Waals surface area contributed by atoms with Crippen LogP contribution < -0.4 is 16.4 Å². The minimum absolute atomic E-state index is 0.171. The molecular formula is C14H13N5O. The van der Waals surface area contributed by atoms with Gasteiger partial charge in [0.15, 0.2) is 0 Å². The number of nitrogen functional groups attached to an aromatic ring is 1. The summed E-state index contributed by atoms with van der Waals surface area (Å²) in [5.41, 5.74) is 7.69. The van der Waals surface area contributed by atoms with E-state index >= 15 is 0 Å². The molecule has 0 radical (unpaired) electrons. The lowest BCUT2D eigenvalue weighted by molar-refractivity contribution is -0.111. The minimum atomic E-state index is -0.500. The van der Waals surface area contributed by atoms with Crippen LogP contribution in [0.15, 0.2) is 30.3 Å². The number of carbonyl (C=O) groups excluding carboxylic acids is 1. The Morgan fingerprint density at radius 1 is 1.35 bits per heavy atom. The molecule has 6 nitrogen and oxygen atoms in total. The van der Waals surface area contributed by atoms with E-state index in [-0.39, 0.29) is 5.95 Å². The van der Waals surface area contributed by atoms with Crippen molar-refractivity contribution in [2.75, 3.05) is 23.4 Å². The smallest absolute Gasteiger partial charge is 0.300 e. The number of carbonyl (C=O) groups is 1. The molecule has 0 unspecified atom stereocenters. The molecule has 0 atom stereocenters. The van der Waals surface area contributed by atoms with Gasteiger partial charge in [0, 0.05) is 24.4 Å². The largest absolute Gasteiger partial charge is 0.373 e. The van der Waals surface area contributed by atoms with E-state index in [1.807, 2.05) is 12.0 Å². The average Bonchev–Trinajstić information content (AvgIpc) is 2.46. The van der Waals surface area contributed by atoms with Crippen molar-refractivity contribution in [2.24, 2.45) is 0 Å². The summed E-state index contributed by atoms with van der Waals surface area (Å²) in [4.78, 5) is 19.4. The summed E-state index contributed by atoms with van der Waals surface area (Å²) in [6.07, 6.45) is 5.02. The van der Waals surface area contributed by atoms with Gasteiger partial charge in [0.25, 0.3) is 5.91 Å². The van der Waals surface area contributed by atoms with Crippen molar-refractivity contribution in [2.45, 2.75) is 0 Å². The standard InChI is InChI=1S/C14H13N5O/c1-3-13(20)17-10-6-4-5-9(7-10)11-8-12(16-2)19-14(15)18-11/h1,4-8H,2H3,(H,17,20)(H3,15,16,18,19). The molecule has 100 valence electrons. The van der Waals surface area contributed by atoms with Crippen molar-refractivity contribution < 1.29 is 4.79 Å². The summed E-state index contributed by atoms with van der Waals surface area (Å²) in [6, 6.07) is 8.91. The molecule has 1 aromatic heterocycles. The normalized spacial score (nSPS) is 9.60. The maximum absolute atomic E-state index is 11.2. The van der Waals surface area contributed by atoms with Crippen molar-refractivity contribution >= 4 is 23.4 Å². The van der Waals surface area contributed by atoms with E-state index in [1.165, 1.54) is 0 Å². The number of hydrogen-bond donors (Lipinski definition) is 3. The molecule has 1 amide bonds. The Hall–Kier alpha value is -3.07. The van der Waals surface area contributed by atoms with E-state index in [4.69, 9.17) is 12.2 Å². The van der Waals surface area contributed by atoms with Crippen LogP contribution >= 0.6 is 0 Å². The number of benzene rings is 1. The van der Waals surface area contributed by atoms with Gasteiger partial charge in [0.05, 0.1) is 5.69 Å². The Bertz CT molecular complexity index is 690. The van der Waals surface area contributed by atoms with Gasteiger partial charge in [0.1, 0.15) is 5.82 Å². The quantitative estimate of drug-likeness (QED) is 0.730. The van der Waals surface area contributed by atoms with E-state index < -0.39 is 5.91 Å². The summed E-state index contributed by atoms with van der Waals surface area (Å²) >= 11 is 0. The highest BCUT2D eigenvalue weighted by atomic mass is 16.1. The van der Waals surface area contributed by atoms with Crippen LogP contribution in [-0.2, 0) is 4.79 Å². The van der Waals surface area contributed by atoms with Crippen LogP contribution in [-0.4, -0.2) is 22.9 Å². The third-order valence-corrected chi connectivity index (χ3v) is 2.55. The number of amides is 1. The Balaban J connectivity index is 2.38. The second-order valence-corrected chi connectivity index (χ2v) is 3.93. The van der Waals surface area contributed by atoms with Crippen molar-refractivity contribution in [1.29, 1.82) is 0 Å². The first-order valence-corrected chi connectivity index (χ1v) is 5.82. The fraction of sp³-hybridized carbons (Fsp3) is 0.0714. The summed E-state index contributed by atoms with van der Waals surface area (Å²) in [5.74, 6) is 2.28. The number of aromatic nitrogens is 2. The first-order chi connectivity index (χ1) is 9.62. The third-order valence-electron chi connectivity index (χ3n) is 2.55. The first-order valence-electron chi connectivity index (χ1n) is 5.82. The third kappa shape index (κ3) is 3.03. The van der Waals surface area contributed by atoms with Crippen molar-refractivity contribution in [3.8, 4) is 23.6 Å². The Kier molecular flexibility index (Phi) is 3.82. The van der Waals surface area contributed by atoms with Gasteiger partial charge in [-0.25, -0.2) is 4.98 Å². The van der Waals surface area contributed by atoms with Gasteiger partial charge in [-0.15, -0.1) is 6.42 Å². The molecule has 0 aliphatic carbocycles. The zero-order valence-electron chi connectivity index (χ0n) is 10.8. The number of nitrogens with zero attached hydrogens (tertiary/aromatic N) is 2. The van der Waals surface area contributed by atoms with Crippen molar-refractivity contribution in [3.05, 3.63) is 30.3 Å². The molecule has 0 aliphatic heterocycles. The van der Waals surface area contributed by atoms with Crippen molar-refractivity contribution in [1.82, 2.24) is 9.97 Å². The zero-order valence-corrected chi connectivity index (χ0v) is 10.8. The summed E-state index contributed by atoms with van der Waals surface area (Å²) in [5, 5.41) is 5.49. The van der Waals surface area contributed by atoms with E-state index in [2.05, 4.69) is 20.6 Å². The molecule has 0 aliphatic rings. The fourth-order valence-corrected chi connectivity index (χ4v) is 1.67. The van der Waals surface area contributed by atoms with E-state index in [0.717, 1.165) is 5.56 Å². The molecule has 2 rings (SSSR count). The lowest BCUT2D eigenvalue weighted by Crippen LogP contribution is -2.08. The van der Waals surface area contributed by atoms with Crippen LogP contribution in [0.5, 0.6) is 0 Å². The van der Waals surface area contributed by atoms with Gasteiger partial charge in [-0.3, -0.25) is 4.79 Å². The van der Waals surface area contributed by atoms with Crippen LogP contribution in [0.3, 0.4) is 0 Å². The van der Waals surface area contributed by atoms with Crippen molar-refractivity contribution in [3.63, 3.8) is 0 Å². The number of terminal acetylenes is 1. The predicted molar refractivity (Wildman–Crippen MR) is 78.9 cm³/mol. The Labute approximate surface area is 116 Å². The monoisotopic (exact) mass is 267 g/mol. The molecule has 4 N–H and O–H groups in total. The van der Waals surface area contributed by atoms with E-state index in [1.54, 1.807) is 31.3 Å². The lowest BCUT2D eigenvalue weighted by Gasteiger charge is -2.07. The van der Waals surface area contributed by atoms with Gasteiger partial charge in [-0.1, -0.05) is 12.1 Å². The average molecular weight is 267 g/mol.